The largest absolute Gasteiger partial charge is 0.395 e. The van der Waals surface area contributed by atoms with Crippen molar-refractivity contribution in [3.63, 3.8) is 0 Å². The average molecular weight is 302 g/mol. The Morgan fingerprint density at radius 2 is 2.09 bits per heavy atom. The molecule has 0 radical (unpaired) electrons. The van der Waals surface area contributed by atoms with E-state index in [0.717, 1.165) is 6.54 Å². The monoisotopic (exact) mass is 302 g/mol. The maximum atomic E-state index is 12.6. The molecule has 0 aromatic carbocycles. The molecule has 0 aromatic heterocycles. The van der Waals surface area contributed by atoms with E-state index in [4.69, 9.17) is 11.5 Å². The van der Waals surface area contributed by atoms with E-state index in [2.05, 4.69) is 5.32 Å². The second-order valence-corrected chi connectivity index (χ2v) is 6.51. The molecule has 2 fully saturated rings. The first-order chi connectivity index (χ1) is 10.4. The zero-order valence-electron chi connectivity index (χ0n) is 12.3. The van der Waals surface area contributed by atoms with Crippen molar-refractivity contribution >= 4 is 17.5 Å². The van der Waals surface area contributed by atoms with Crippen LogP contribution in [0.2, 0.25) is 0 Å². The summed E-state index contributed by atoms with van der Waals surface area (Å²) in [6.07, 6.45) is 0.679. The van der Waals surface area contributed by atoms with E-state index in [0.29, 0.717) is 29.3 Å². The summed E-state index contributed by atoms with van der Waals surface area (Å²) in [5, 5.41) is 3.37. The fourth-order valence-corrected chi connectivity index (χ4v) is 4.19. The molecule has 7 nitrogen and oxygen atoms in total. The number of carbonyl (C=O) groups is 3. The summed E-state index contributed by atoms with van der Waals surface area (Å²) in [5.41, 5.74) is 12.5. The summed E-state index contributed by atoms with van der Waals surface area (Å²) in [5.74, 6) is -0.961. The summed E-state index contributed by atoms with van der Waals surface area (Å²) >= 11 is 0. The van der Waals surface area contributed by atoms with Crippen molar-refractivity contribution in [2.45, 2.75) is 37.9 Å². The Labute approximate surface area is 127 Å². The topological polar surface area (TPSA) is 128 Å². The molecule has 1 amide bonds. The maximum absolute atomic E-state index is 12.6. The third kappa shape index (κ3) is 1.57. The number of hydrogen-bond acceptors (Lipinski definition) is 6. The van der Waals surface area contributed by atoms with Gasteiger partial charge in [0.1, 0.15) is 0 Å². The number of fused-ring (bicyclic) bond motifs is 4. The number of allylic oxidation sites excluding steroid dienone is 2. The number of carbonyl (C=O) groups excluding carboxylic acids is 3. The second kappa shape index (κ2) is 4.19. The molecule has 4 aliphatic rings. The van der Waals surface area contributed by atoms with Gasteiger partial charge in [-0.1, -0.05) is 0 Å². The standard InChI is InChI=1S/C15H18N4O3/c1-5-10(17)15(22)9-6(2-3-8(16)20)12-11-7(18-11)4-19(12)13(9)14(5)21/h6-7,11-12,18H,2-4,17H2,1H3,(H2,16,20)/t6-,7?,11?,12?/m1/s1. The first-order valence-electron chi connectivity index (χ1n) is 7.52. The lowest BCUT2D eigenvalue weighted by Gasteiger charge is -2.27. The van der Waals surface area contributed by atoms with E-state index in [-0.39, 0.29) is 41.7 Å². The van der Waals surface area contributed by atoms with Crippen molar-refractivity contribution < 1.29 is 14.4 Å². The van der Waals surface area contributed by atoms with Crippen LogP contribution in [0.15, 0.2) is 22.5 Å². The zero-order valence-corrected chi connectivity index (χ0v) is 12.3. The average Bonchev–Trinajstić information content (AvgIpc) is 3.01. The Bertz CT molecular complexity index is 693. The highest BCUT2D eigenvalue weighted by atomic mass is 16.1. The van der Waals surface area contributed by atoms with Crippen molar-refractivity contribution in [2.75, 3.05) is 6.54 Å². The molecule has 0 saturated carbocycles. The van der Waals surface area contributed by atoms with Gasteiger partial charge in [-0.3, -0.25) is 14.4 Å². The Kier molecular flexibility index (Phi) is 2.57. The van der Waals surface area contributed by atoms with Gasteiger partial charge in [0.15, 0.2) is 0 Å². The second-order valence-electron chi connectivity index (χ2n) is 6.51. The molecule has 7 heteroatoms. The van der Waals surface area contributed by atoms with E-state index in [1.54, 1.807) is 6.92 Å². The minimum atomic E-state index is -0.395. The molecule has 0 aromatic rings. The summed E-state index contributed by atoms with van der Waals surface area (Å²) in [6, 6.07) is 0.716. The van der Waals surface area contributed by atoms with Gasteiger partial charge in [-0.2, -0.15) is 0 Å². The molecular weight excluding hydrogens is 284 g/mol. The Morgan fingerprint density at radius 3 is 2.77 bits per heavy atom. The van der Waals surface area contributed by atoms with Gasteiger partial charge in [-0.05, 0) is 13.3 Å². The third-order valence-electron chi connectivity index (χ3n) is 5.33. The molecule has 0 spiro atoms. The predicted molar refractivity (Wildman–Crippen MR) is 77.1 cm³/mol. The van der Waals surface area contributed by atoms with Gasteiger partial charge >= 0.3 is 0 Å². The predicted octanol–water partition coefficient (Wildman–Crippen LogP) is -1.46. The van der Waals surface area contributed by atoms with Crippen LogP contribution in [-0.2, 0) is 14.4 Å². The van der Waals surface area contributed by atoms with Crippen molar-refractivity contribution in [1.29, 1.82) is 0 Å². The van der Waals surface area contributed by atoms with E-state index in [1.165, 1.54) is 0 Å². The number of Topliss-reactive ketones (excluding diaryl/α,β-unsaturated/α-hetero) is 2. The molecular formula is C15H18N4O3. The number of nitrogens with one attached hydrogen (secondary N) is 1. The van der Waals surface area contributed by atoms with Gasteiger partial charge in [0.2, 0.25) is 17.5 Å². The lowest BCUT2D eigenvalue weighted by Crippen LogP contribution is -2.38. The molecule has 3 heterocycles. The number of nitrogens with zero attached hydrogens (tertiary/aromatic N) is 1. The lowest BCUT2D eigenvalue weighted by molar-refractivity contribution is -0.118. The van der Waals surface area contributed by atoms with Crippen molar-refractivity contribution in [3.8, 4) is 0 Å². The highest BCUT2D eigenvalue weighted by Gasteiger charge is 2.61. The molecule has 116 valence electrons. The zero-order chi connectivity index (χ0) is 15.8. The normalized spacial score (nSPS) is 35.8. The van der Waals surface area contributed by atoms with Crippen molar-refractivity contribution in [2.24, 2.45) is 17.4 Å². The van der Waals surface area contributed by atoms with Crippen LogP contribution >= 0.6 is 0 Å². The van der Waals surface area contributed by atoms with E-state index in [1.807, 2.05) is 4.90 Å². The number of piperazine rings is 1. The molecule has 4 atom stereocenters. The molecule has 0 bridgehead atoms. The van der Waals surface area contributed by atoms with Crippen LogP contribution in [0.5, 0.6) is 0 Å². The fraction of sp³-hybridized carbons (Fsp3) is 0.533. The Hall–Kier alpha value is -2.15. The number of primary amides is 1. The van der Waals surface area contributed by atoms with Gasteiger partial charge in [-0.15, -0.1) is 0 Å². The summed E-state index contributed by atoms with van der Waals surface area (Å²) in [6.45, 7) is 2.33. The van der Waals surface area contributed by atoms with Crippen LogP contribution in [0.1, 0.15) is 19.8 Å². The van der Waals surface area contributed by atoms with Crippen LogP contribution in [0.4, 0.5) is 0 Å². The smallest absolute Gasteiger partial charge is 0.217 e. The number of ketones is 2. The van der Waals surface area contributed by atoms with Crippen molar-refractivity contribution in [3.05, 3.63) is 22.5 Å². The highest BCUT2D eigenvalue weighted by Crippen LogP contribution is 2.49. The summed E-state index contributed by atoms with van der Waals surface area (Å²) in [4.78, 5) is 38.4. The SMILES string of the molecule is CC1=C(N)C(=O)C2=C(C1=O)N1CC3NC3C1[C@@H]2CCC(N)=O. The number of hydrogen-bond donors (Lipinski definition) is 3. The number of amides is 1. The number of rotatable bonds is 3. The van der Waals surface area contributed by atoms with Crippen molar-refractivity contribution in [1.82, 2.24) is 10.2 Å². The first-order valence-corrected chi connectivity index (χ1v) is 7.52. The van der Waals surface area contributed by atoms with E-state index in [9.17, 15) is 14.4 Å². The van der Waals surface area contributed by atoms with Gasteiger partial charge in [-0.25, -0.2) is 0 Å². The van der Waals surface area contributed by atoms with Crippen LogP contribution in [0.3, 0.4) is 0 Å². The maximum Gasteiger partial charge on any atom is 0.217 e. The Balaban J connectivity index is 1.76. The quantitative estimate of drug-likeness (QED) is 0.432. The molecule has 3 aliphatic heterocycles. The minimum absolute atomic E-state index is 0.0364. The van der Waals surface area contributed by atoms with Crippen LogP contribution in [0.25, 0.3) is 0 Å². The van der Waals surface area contributed by atoms with E-state index >= 15 is 0 Å². The first kappa shape index (κ1) is 13.5. The molecule has 22 heavy (non-hydrogen) atoms. The lowest BCUT2D eigenvalue weighted by atomic mass is 9.81. The summed E-state index contributed by atoms with van der Waals surface area (Å²) in [7, 11) is 0. The van der Waals surface area contributed by atoms with Gasteiger partial charge in [0, 0.05) is 42.1 Å². The molecule has 1 aliphatic carbocycles. The third-order valence-corrected chi connectivity index (χ3v) is 5.33. The molecule has 5 N–H and O–H groups in total. The fourth-order valence-electron chi connectivity index (χ4n) is 4.19. The van der Waals surface area contributed by atoms with Crippen LogP contribution < -0.4 is 16.8 Å². The number of nitrogens with two attached hydrogens (primary N) is 2. The van der Waals surface area contributed by atoms with Gasteiger partial charge in [0.05, 0.1) is 17.4 Å². The Morgan fingerprint density at radius 1 is 1.36 bits per heavy atom. The molecule has 2 saturated heterocycles. The minimum Gasteiger partial charge on any atom is -0.395 e. The van der Waals surface area contributed by atoms with Crippen LogP contribution in [0, 0.1) is 5.92 Å². The van der Waals surface area contributed by atoms with Gasteiger partial charge in [0.25, 0.3) is 0 Å². The molecule has 4 rings (SSSR count). The molecule has 3 unspecified atom stereocenters. The summed E-state index contributed by atoms with van der Waals surface area (Å²) < 4.78 is 0. The highest BCUT2D eigenvalue weighted by molar-refractivity contribution is 6.25. The van der Waals surface area contributed by atoms with Gasteiger partial charge < -0.3 is 21.7 Å². The van der Waals surface area contributed by atoms with E-state index < -0.39 is 5.91 Å². The van der Waals surface area contributed by atoms with Crippen LogP contribution in [-0.4, -0.2) is 47.0 Å².